The largest absolute Gasteiger partial charge is 0.481 e. The van der Waals surface area contributed by atoms with Crippen LogP contribution in [0.15, 0.2) is 24.3 Å². The second-order valence-corrected chi connectivity index (χ2v) is 7.61. The lowest BCUT2D eigenvalue weighted by molar-refractivity contribution is -0.144. The maximum atomic E-state index is 12.6. The summed E-state index contributed by atoms with van der Waals surface area (Å²) >= 11 is 0. The van der Waals surface area contributed by atoms with Gasteiger partial charge in [0, 0.05) is 13.1 Å². The Bertz CT molecular complexity index is 626. The van der Waals surface area contributed by atoms with Crippen LogP contribution in [0.5, 0.6) is 0 Å². The molecule has 0 bridgehead atoms. The highest BCUT2D eigenvalue weighted by atomic mass is 32.2. The van der Waals surface area contributed by atoms with Gasteiger partial charge in [-0.05, 0) is 30.9 Å². The van der Waals surface area contributed by atoms with Crippen LogP contribution in [0.2, 0.25) is 0 Å². The summed E-state index contributed by atoms with van der Waals surface area (Å²) in [6, 6.07) is 7.64. The number of aliphatic carboxylic acids is 1. The fourth-order valence-electron chi connectivity index (χ4n) is 2.66. The second kappa shape index (κ2) is 6.15. The van der Waals surface area contributed by atoms with Crippen molar-refractivity contribution in [3.8, 4) is 0 Å². The van der Waals surface area contributed by atoms with Gasteiger partial charge in [-0.15, -0.1) is 0 Å². The van der Waals surface area contributed by atoms with Crippen LogP contribution in [-0.2, 0) is 21.4 Å². The highest BCUT2D eigenvalue weighted by Crippen LogP contribution is 2.35. The Kier molecular flexibility index (Phi) is 4.68. The van der Waals surface area contributed by atoms with E-state index < -0.39 is 27.2 Å². The number of carboxylic acid groups (broad SMARTS) is 1. The third kappa shape index (κ3) is 3.11. The number of nitrogens with zero attached hydrogens (tertiary/aromatic N) is 1. The summed E-state index contributed by atoms with van der Waals surface area (Å²) in [6.07, 6.45) is 0.880. The zero-order chi connectivity index (χ0) is 15.6. The van der Waals surface area contributed by atoms with Crippen LogP contribution in [0.25, 0.3) is 0 Å². The maximum Gasteiger partial charge on any atom is 0.307 e. The number of sulfonamides is 1. The van der Waals surface area contributed by atoms with Gasteiger partial charge in [0.05, 0.1) is 11.2 Å². The first-order valence-electron chi connectivity index (χ1n) is 7.14. The molecule has 5 nitrogen and oxygen atoms in total. The van der Waals surface area contributed by atoms with Crippen LogP contribution in [-0.4, -0.2) is 35.6 Å². The van der Waals surface area contributed by atoms with Crippen molar-refractivity contribution >= 4 is 16.0 Å². The molecular formula is C15H21NO4S. The minimum atomic E-state index is -3.57. The summed E-state index contributed by atoms with van der Waals surface area (Å²) in [5.74, 6) is -1.78. The summed E-state index contributed by atoms with van der Waals surface area (Å²) in [5.41, 5.74) is 1.99. The molecule has 0 heterocycles. The molecule has 0 saturated heterocycles. The third-order valence-corrected chi connectivity index (χ3v) is 6.67. The Morgan fingerprint density at radius 1 is 1.33 bits per heavy atom. The number of benzene rings is 1. The standard InChI is InChI=1S/C15H21NO4S/c1-3-16(10-12-7-5-4-6-11(12)2)21(19,20)14-9-8-13(14)15(17)18/h4-7,13-14H,3,8-10H2,1-2H3,(H,17,18). The number of hydrogen-bond acceptors (Lipinski definition) is 3. The van der Waals surface area contributed by atoms with Crippen molar-refractivity contribution in [1.82, 2.24) is 4.31 Å². The Morgan fingerprint density at radius 2 is 2.00 bits per heavy atom. The van der Waals surface area contributed by atoms with E-state index in [2.05, 4.69) is 0 Å². The van der Waals surface area contributed by atoms with Gasteiger partial charge in [-0.25, -0.2) is 8.42 Å². The molecule has 0 radical (unpaired) electrons. The van der Waals surface area contributed by atoms with Gasteiger partial charge >= 0.3 is 5.97 Å². The zero-order valence-corrected chi connectivity index (χ0v) is 13.1. The second-order valence-electron chi connectivity index (χ2n) is 5.46. The van der Waals surface area contributed by atoms with Crippen LogP contribution >= 0.6 is 0 Å². The maximum absolute atomic E-state index is 12.6. The fourth-order valence-corrected chi connectivity index (χ4v) is 4.82. The number of carboxylic acids is 1. The van der Waals surface area contributed by atoms with Gasteiger partial charge in [0.1, 0.15) is 0 Å². The first kappa shape index (κ1) is 16.0. The normalized spacial score (nSPS) is 22.0. The molecule has 1 N–H and O–H groups in total. The summed E-state index contributed by atoms with van der Waals surface area (Å²) in [6.45, 7) is 4.37. The van der Waals surface area contributed by atoms with Crippen LogP contribution < -0.4 is 0 Å². The van der Waals surface area contributed by atoms with E-state index >= 15 is 0 Å². The van der Waals surface area contributed by atoms with Crippen LogP contribution in [0, 0.1) is 12.8 Å². The predicted octanol–water partition coefficient (Wildman–Crippen LogP) is 2.01. The summed E-state index contributed by atoms with van der Waals surface area (Å²) < 4.78 is 26.7. The lowest BCUT2D eigenvalue weighted by Gasteiger charge is -2.36. The Hall–Kier alpha value is -1.40. The fraction of sp³-hybridized carbons (Fsp3) is 0.533. The van der Waals surface area contributed by atoms with Crippen molar-refractivity contribution in [2.75, 3.05) is 6.54 Å². The molecule has 1 fully saturated rings. The molecule has 0 aromatic heterocycles. The van der Waals surface area contributed by atoms with Gasteiger partial charge in [0.15, 0.2) is 0 Å². The molecule has 2 unspecified atom stereocenters. The van der Waals surface area contributed by atoms with E-state index in [0.717, 1.165) is 11.1 Å². The molecule has 2 rings (SSSR count). The molecule has 1 aromatic rings. The molecule has 0 spiro atoms. The molecule has 21 heavy (non-hydrogen) atoms. The van der Waals surface area contributed by atoms with Gasteiger partial charge in [-0.1, -0.05) is 31.2 Å². The number of aryl methyl sites for hydroxylation is 1. The first-order chi connectivity index (χ1) is 9.87. The first-order valence-corrected chi connectivity index (χ1v) is 8.64. The number of rotatable bonds is 6. The monoisotopic (exact) mass is 311 g/mol. The van der Waals surface area contributed by atoms with Crippen molar-refractivity contribution in [3.63, 3.8) is 0 Å². The SMILES string of the molecule is CCN(Cc1ccccc1C)S(=O)(=O)C1CCC1C(=O)O. The summed E-state index contributed by atoms with van der Waals surface area (Å²) in [7, 11) is -3.57. The van der Waals surface area contributed by atoms with E-state index in [4.69, 9.17) is 5.11 Å². The quantitative estimate of drug-likeness (QED) is 0.872. The van der Waals surface area contributed by atoms with Crippen LogP contribution in [0.1, 0.15) is 30.9 Å². The van der Waals surface area contributed by atoms with E-state index in [1.807, 2.05) is 31.2 Å². The minimum absolute atomic E-state index is 0.300. The lowest BCUT2D eigenvalue weighted by Crippen LogP contribution is -2.49. The van der Waals surface area contributed by atoms with Crippen LogP contribution in [0.3, 0.4) is 0 Å². The average Bonchev–Trinajstić information content (AvgIpc) is 2.34. The van der Waals surface area contributed by atoms with Crippen molar-refractivity contribution in [1.29, 1.82) is 0 Å². The third-order valence-electron chi connectivity index (χ3n) is 4.23. The van der Waals surface area contributed by atoms with Gasteiger partial charge in [-0.3, -0.25) is 4.79 Å². The Morgan fingerprint density at radius 3 is 2.48 bits per heavy atom. The average molecular weight is 311 g/mol. The smallest absolute Gasteiger partial charge is 0.307 e. The minimum Gasteiger partial charge on any atom is -0.481 e. The van der Waals surface area contributed by atoms with Gasteiger partial charge in [-0.2, -0.15) is 4.31 Å². The van der Waals surface area contributed by atoms with Crippen LogP contribution in [0.4, 0.5) is 0 Å². The van der Waals surface area contributed by atoms with Gasteiger partial charge < -0.3 is 5.11 Å². The molecule has 1 aliphatic carbocycles. The highest BCUT2D eigenvalue weighted by Gasteiger charge is 2.47. The summed E-state index contributed by atoms with van der Waals surface area (Å²) in [5, 5.41) is 8.29. The molecular weight excluding hydrogens is 290 g/mol. The Balaban J connectivity index is 2.21. The van der Waals surface area contributed by atoms with E-state index in [-0.39, 0.29) is 0 Å². The van der Waals surface area contributed by atoms with Gasteiger partial charge in [0.25, 0.3) is 0 Å². The van der Waals surface area contributed by atoms with E-state index in [1.165, 1.54) is 4.31 Å². The molecule has 6 heteroatoms. The predicted molar refractivity (Wildman–Crippen MR) is 80.3 cm³/mol. The van der Waals surface area contributed by atoms with Crippen molar-refractivity contribution < 1.29 is 18.3 Å². The molecule has 116 valence electrons. The number of hydrogen-bond donors (Lipinski definition) is 1. The summed E-state index contributed by atoms with van der Waals surface area (Å²) in [4.78, 5) is 11.1. The van der Waals surface area contributed by atoms with Crippen molar-refractivity contribution in [2.24, 2.45) is 5.92 Å². The van der Waals surface area contributed by atoms with E-state index in [1.54, 1.807) is 6.92 Å². The van der Waals surface area contributed by atoms with E-state index in [9.17, 15) is 13.2 Å². The molecule has 0 amide bonds. The zero-order valence-electron chi connectivity index (χ0n) is 12.3. The molecule has 1 saturated carbocycles. The van der Waals surface area contributed by atoms with Gasteiger partial charge in [0.2, 0.25) is 10.0 Å². The topological polar surface area (TPSA) is 74.7 Å². The molecule has 1 aliphatic rings. The van der Waals surface area contributed by atoms with Crippen molar-refractivity contribution in [2.45, 2.75) is 38.5 Å². The molecule has 0 aliphatic heterocycles. The number of carbonyl (C=O) groups is 1. The van der Waals surface area contributed by atoms with Crippen molar-refractivity contribution in [3.05, 3.63) is 35.4 Å². The lowest BCUT2D eigenvalue weighted by atomic mass is 9.85. The molecule has 1 aromatic carbocycles. The van der Waals surface area contributed by atoms with E-state index in [0.29, 0.717) is 25.9 Å². The highest BCUT2D eigenvalue weighted by molar-refractivity contribution is 7.89. The Labute approximate surface area is 125 Å². The molecule has 2 atom stereocenters.